The van der Waals surface area contributed by atoms with E-state index in [0.29, 0.717) is 23.6 Å². The largest absolute Gasteiger partial charge is 0.489 e. The molecule has 2 aliphatic heterocycles. The van der Waals surface area contributed by atoms with Gasteiger partial charge in [-0.3, -0.25) is 14.4 Å². The summed E-state index contributed by atoms with van der Waals surface area (Å²) in [5.41, 5.74) is 3.09. The van der Waals surface area contributed by atoms with Gasteiger partial charge in [0.05, 0.1) is 12.2 Å². The number of thioether (sulfide) groups is 1. The number of benzene rings is 2. The Morgan fingerprint density at radius 2 is 2.00 bits per heavy atom. The molecule has 170 valence electrons. The van der Waals surface area contributed by atoms with Crippen molar-refractivity contribution in [3.05, 3.63) is 71.8 Å². The molecule has 2 aliphatic rings. The predicted molar refractivity (Wildman–Crippen MR) is 128 cm³/mol. The zero-order valence-corrected chi connectivity index (χ0v) is 19.4. The van der Waals surface area contributed by atoms with Crippen LogP contribution in [0, 0.1) is 6.92 Å². The van der Waals surface area contributed by atoms with E-state index in [-0.39, 0.29) is 23.5 Å². The van der Waals surface area contributed by atoms with Crippen molar-refractivity contribution in [2.45, 2.75) is 32.2 Å². The maximum Gasteiger partial charge on any atom is 0.271 e. The first-order valence-electron chi connectivity index (χ1n) is 10.4. The standard InChI is InChI=1S/C24H24N4O4S/c1-5-12-32-21-9-7-6-8-18(21)14-27-20-11-10-15(2)13-19(20)24(22(27)31)28(17(4)30)26-23(33-24)25-16(3)29/h5-11,13H,1,12,14H2,2-4H3,(H,25,26,29). The molecule has 2 heterocycles. The van der Waals surface area contributed by atoms with Crippen LogP contribution in [0.25, 0.3) is 0 Å². The third-order valence-corrected chi connectivity index (χ3v) is 6.56. The molecule has 8 nitrogen and oxygen atoms in total. The van der Waals surface area contributed by atoms with E-state index in [1.54, 1.807) is 11.0 Å². The van der Waals surface area contributed by atoms with Crippen LogP contribution >= 0.6 is 11.8 Å². The number of nitrogens with zero attached hydrogens (tertiary/aromatic N) is 3. The molecule has 1 N–H and O–H groups in total. The minimum absolute atomic E-state index is 0.204. The van der Waals surface area contributed by atoms with E-state index in [0.717, 1.165) is 22.9 Å². The van der Waals surface area contributed by atoms with Crippen LogP contribution in [0.5, 0.6) is 5.75 Å². The lowest BCUT2D eigenvalue weighted by Crippen LogP contribution is -2.48. The average molecular weight is 465 g/mol. The number of anilines is 1. The summed E-state index contributed by atoms with van der Waals surface area (Å²) in [6, 6.07) is 13.2. The SMILES string of the molecule is C=CCOc1ccccc1CN1C(=O)C2(SC(NC(C)=O)=NN2C(C)=O)c2cc(C)ccc21. The van der Waals surface area contributed by atoms with E-state index >= 15 is 0 Å². The van der Waals surface area contributed by atoms with Gasteiger partial charge in [0.2, 0.25) is 16.7 Å². The molecule has 33 heavy (non-hydrogen) atoms. The minimum Gasteiger partial charge on any atom is -0.489 e. The van der Waals surface area contributed by atoms with Crippen LogP contribution in [0.15, 0.2) is 60.2 Å². The number of carbonyl (C=O) groups excluding carboxylic acids is 3. The molecule has 0 radical (unpaired) electrons. The average Bonchev–Trinajstić information content (AvgIpc) is 3.25. The van der Waals surface area contributed by atoms with E-state index < -0.39 is 10.8 Å². The molecule has 2 aromatic carbocycles. The zero-order valence-electron chi connectivity index (χ0n) is 18.6. The van der Waals surface area contributed by atoms with E-state index in [9.17, 15) is 14.4 Å². The number of carbonyl (C=O) groups is 3. The molecular formula is C24H24N4O4S. The lowest BCUT2D eigenvalue weighted by atomic mass is 10.0. The van der Waals surface area contributed by atoms with Gasteiger partial charge in [-0.1, -0.05) is 48.6 Å². The van der Waals surface area contributed by atoms with Gasteiger partial charge in [-0.15, -0.1) is 5.10 Å². The highest BCUT2D eigenvalue weighted by Gasteiger charge is 2.61. The van der Waals surface area contributed by atoms with Gasteiger partial charge in [0.15, 0.2) is 5.17 Å². The fraction of sp³-hybridized carbons (Fsp3) is 0.250. The van der Waals surface area contributed by atoms with Gasteiger partial charge in [-0.25, -0.2) is 0 Å². The van der Waals surface area contributed by atoms with Crippen LogP contribution in [-0.4, -0.2) is 34.5 Å². The fourth-order valence-electron chi connectivity index (χ4n) is 3.98. The molecular weight excluding hydrogens is 440 g/mol. The Kier molecular flexibility index (Phi) is 5.99. The number of nitrogens with one attached hydrogen (secondary N) is 1. The molecule has 9 heteroatoms. The summed E-state index contributed by atoms with van der Waals surface area (Å²) in [5.74, 6) is -0.398. The smallest absolute Gasteiger partial charge is 0.271 e. The zero-order chi connectivity index (χ0) is 23.8. The van der Waals surface area contributed by atoms with Gasteiger partial charge in [-0.2, -0.15) is 5.01 Å². The number of amides is 3. The van der Waals surface area contributed by atoms with Gasteiger partial charge in [0, 0.05) is 25.0 Å². The molecule has 3 amide bonds. The lowest BCUT2D eigenvalue weighted by Gasteiger charge is -2.29. The molecule has 1 unspecified atom stereocenters. The number of ether oxygens (including phenoxy) is 1. The highest BCUT2D eigenvalue weighted by molar-refractivity contribution is 8.15. The Bertz CT molecular complexity index is 1190. The topological polar surface area (TPSA) is 91.3 Å². The summed E-state index contributed by atoms with van der Waals surface area (Å²) < 4.78 is 5.78. The highest BCUT2D eigenvalue weighted by atomic mass is 32.2. The monoisotopic (exact) mass is 464 g/mol. The summed E-state index contributed by atoms with van der Waals surface area (Å²) in [6.45, 7) is 8.90. The summed E-state index contributed by atoms with van der Waals surface area (Å²) >= 11 is 1.06. The molecule has 0 aromatic heterocycles. The Labute approximate surface area is 196 Å². The van der Waals surface area contributed by atoms with Gasteiger partial charge in [-0.05, 0) is 30.8 Å². The molecule has 2 aromatic rings. The van der Waals surface area contributed by atoms with Crippen molar-refractivity contribution >= 4 is 40.3 Å². The van der Waals surface area contributed by atoms with E-state index in [2.05, 4.69) is 17.0 Å². The molecule has 0 saturated heterocycles. The van der Waals surface area contributed by atoms with Crippen molar-refractivity contribution in [3.63, 3.8) is 0 Å². The van der Waals surface area contributed by atoms with E-state index in [4.69, 9.17) is 4.74 Å². The summed E-state index contributed by atoms with van der Waals surface area (Å²) in [7, 11) is 0. The van der Waals surface area contributed by atoms with Gasteiger partial charge in [0.25, 0.3) is 5.91 Å². The van der Waals surface area contributed by atoms with Crippen molar-refractivity contribution in [1.29, 1.82) is 0 Å². The van der Waals surface area contributed by atoms with Crippen molar-refractivity contribution < 1.29 is 19.1 Å². The second-order valence-corrected chi connectivity index (χ2v) is 8.96. The first kappa shape index (κ1) is 22.6. The van der Waals surface area contributed by atoms with Gasteiger partial charge >= 0.3 is 0 Å². The highest BCUT2D eigenvalue weighted by Crippen LogP contribution is 2.55. The second-order valence-electron chi connectivity index (χ2n) is 7.78. The molecule has 0 saturated carbocycles. The fourth-order valence-corrected chi connectivity index (χ4v) is 5.30. The maximum absolute atomic E-state index is 14.0. The molecule has 0 bridgehead atoms. The van der Waals surface area contributed by atoms with Crippen LogP contribution < -0.4 is 15.0 Å². The Balaban J connectivity index is 1.80. The van der Waals surface area contributed by atoms with Crippen LogP contribution in [0.1, 0.15) is 30.5 Å². The van der Waals surface area contributed by atoms with Crippen molar-refractivity contribution in [2.75, 3.05) is 11.5 Å². The Morgan fingerprint density at radius 3 is 2.70 bits per heavy atom. The molecule has 1 spiro atoms. The summed E-state index contributed by atoms with van der Waals surface area (Å²) in [5, 5.41) is 8.28. The lowest BCUT2D eigenvalue weighted by molar-refractivity contribution is -0.139. The van der Waals surface area contributed by atoms with Crippen molar-refractivity contribution in [1.82, 2.24) is 10.3 Å². The van der Waals surface area contributed by atoms with Gasteiger partial charge < -0.3 is 15.0 Å². The normalized spacial score (nSPS) is 18.9. The van der Waals surface area contributed by atoms with Gasteiger partial charge in [0.1, 0.15) is 12.4 Å². The maximum atomic E-state index is 14.0. The van der Waals surface area contributed by atoms with Crippen LogP contribution in [0.3, 0.4) is 0 Å². The van der Waals surface area contributed by atoms with Crippen molar-refractivity contribution in [3.8, 4) is 5.75 Å². The van der Waals surface area contributed by atoms with Crippen molar-refractivity contribution in [2.24, 2.45) is 5.10 Å². The van der Waals surface area contributed by atoms with Crippen LogP contribution in [0.2, 0.25) is 0 Å². The third-order valence-electron chi connectivity index (χ3n) is 5.32. The quantitative estimate of drug-likeness (QED) is 0.686. The summed E-state index contributed by atoms with van der Waals surface area (Å²) in [6.07, 6.45) is 1.66. The number of hydrogen-bond donors (Lipinski definition) is 1. The number of amidine groups is 1. The number of para-hydroxylation sites is 1. The number of hydrazone groups is 1. The first-order chi connectivity index (χ1) is 15.8. The minimum atomic E-state index is -1.43. The molecule has 0 aliphatic carbocycles. The number of hydrogen-bond acceptors (Lipinski definition) is 6. The number of aryl methyl sites for hydroxylation is 1. The summed E-state index contributed by atoms with van der Waals surface area (Å²) in [4.78, 5) is 38.5. The van der Waals surface area contributed by atoms with E-state index in [1.807, 2.05) is 49.4 Å². The number of fused-ring (bicyclic) bond motifs is 2. The Hall–Kier alpha value is -3.59. The van der Waals surface area contributed by atoms with Crippen LogP contribution in [-0.2, 0) is 25.8 Å². The van der Waals surface area contributed by atoms with Crippen LogP contribution in [0.4, 0.5) is 5.69 Å². The predicted octanol–water partition coefficient (Wildman–Crippen LogP) is 3.26. The molecule has 4 rings (SSSR count). The second kappa shape index (κ2) is 8.74. The third kappa shape index (κ3) is 3.89. The van der Waals surface area contributed by atoms with E-state index in [1.165, 1.54) is 18.9 Å². The molecule has 0 fully saturated rings. The first-order valence-corrected chi connectivity index (χ1v) is 11.2. The molecule has 1 atom stereocenters. The number of rotatable bonds is 5. The Morgan fingerprint density at radius 1 is 1.24 bits per heavy atom.